The summed E-state index contributed by atoms with van der Waals surface area (Å²) >= 11 is 15.6. The van der Waals surface area contributed by atoms with Gasteiger partial charge in [-0.1, -0.05) is 23.7 Å². The van der Waals surface area contributed by atoms with E-state index < -0.39 is 5.41 Å². The third-order valence-electron chi connectivity index (χ3n) is 7.67. The van der Waals surface area contributed by atoms with Crippen molar-refractivity contribution in [1.82, 2.24) is 24.5 Å². The van der Waals surface area contributed by atoms with Crippen molar-refractivity contribution in [3.63, 3.8) is 0 Å². The fourth-order valence-corrected chi connectivity index (χ4v) is 7.46. The molecule has 3 aromatic rings. The minimum Gasteiger partial charge on any atom is -0.308 e. The minimum absolute atomic E-state index is 0.0598. The summed E-state index contributed by atoms with van der Waals surface area (Å²) in [4.78, 5) is 17.9. The predicted octanol–water partition coefficient (Wildman–Crippen LogP) is 5.53. The number of halogens is 3. The van der Waals surface area contributed by atoms with Crippen LogP contribution in [0, 0.1) is 17.3 Å². The Morgan fingerprint density at radius 3 is 2.52 bits per heavy atom. The molecule has 7 nitrogen and oxygen atoms in total. The number of nitrogens with one attached hydrogen (secondary N) is 1. The molecule has 1 aromatic carbocycles. The number of hydrogen-bond acceptors (Lipinski definition) is 4. The van der Waals surface area contributed by atoms with E-state index in [1.54, 1.807) is 6.33 Å². The molecule has 33 heavy (non-hydrogen) atoms. The first-order valence-corrected chi connectivity index (χ1v) is 12.7. The minimum atomic E-state index is -0.415. The van der Waals surface area contributed by atoms with E-state index in [0.29, 0.717) is 29.2 Å². The zero-order chi connectivity index (χ0) is 22.8. The van der Waals surface area contributed by atoms with Gasteiger partial charge in [0.25, 0.3) is 0 Å². The maximum atomic E-state index is 13.7. The zero-order valence-electron chi connectivity index (χ0n) is 17.8. The Morgan fingerprint density at radius 2 is 1.85 bits per heavy atom. The number of hydrogen-bond donors (Lipinski definition) is 1. The largest absolute Gasteiger partial charge is 0.308 e. The lowest BCUT2D eigenvalue weighted by molar-refractivity contribution is -0.150. The summed E-state index contributed by atoms with van der Waals surface area (Å²) in [6.45, 7) is 0.594. The van der Waals surface area contributed by atoms with Gasteiger partial charge in [0.15, 0.2) is 5.82 Å². The van der Waals surface area contributed by atoms with E-state index >= 15 is 0 Å². The van der Waals surface area contributed by atoms with Gasteiger partial charge in [-0.25, -0.2) is 9.67 Å². The fourth-order valence-electron chi connectivity index (χ4n) is 6.80. The van der Waals surface area contributed by atoms with E-state index in [1.807, 2.05) is 39.8 Å². The van der Waals surface area contributed by atoms with Crippen LogP contribution in [0.5, 0.6) is 0 Å². The molecule has 0 spiro atoms. The molecule has 4 fully saturated rings. The summed E-state index contributed by atoms with van der Waals surface area (Å²) in [5.41, 5.74) is 0.496. The van der Waals surface area contributed by atoms with Crippen molar-refractivity contribution in [2.75, 3.05) is 5.32 Å². The normalized spacial score (nSPS) is 30.0. The number of benzene rings is 1. The lowest BCUT2D eigenvalue weighted by atomic mass is 9.46. The van der Waals surface area contributed by atoms with Crippen LogP contribution in [0.1, 0.15) is 44.1 Å². The monoisotopic (exact) mass is 548 g/mol. The van der Waals surface area contributed by atoms with E-state index in [2.05, 4.69) is 36.4 Å². The first kappa shape index (κ1) is 21.6. The first-order valence-electron chi connectivity index (χ1n) is 11.2. The first-order chi connectivity index (χ1) is 15.8. The Hall–Kier alpha value is -1.90. The highest BCUT2D eigenvalue weighted by atomic mass is 79.9. The van der Waals surface area contributed by atoms with Gasteiger partial charge in [0.2, 0.25) is 11.2 Å². The quantitative estimate of drug-likeness (QED) is 0.454. The van der Waals surface area contributed by atoms with Crippen molar-refractivity contribution in [2.24, 2.45) is 17.3 Å². The molecular formula is C23H23BrCl2N6O. The molecule has 0 aliphatic heterocycles. The van der Waals surface area contributed by atoms with Crippen molar-refractivity contribution in [1.29, 1.82) is 0 Å². The van der Waals surface area contributed by atoms with E-state index in [9.17, 15) is 4.79 Å². The number of carbonyl (C=O) groups is 1. The molecule has 0 saturated heterocycles. The van der Waals surface area contributed by atoms with Gasteiger partial charge in [0, 0.05) is 11.2 Å². The summed E-state index contributed by atoms with van der Waals surface area (Å²) < 4.78 is 4.53. The number of aromatic nitrogens is 5. The van der Waals surface area contributed by atoms with Crippen molar-refractivity contribution >= 4 is 50.9 Å². The summed E-state index contributed by atoms with van der Waals surface area (Å²) in [5.74, 6) is 1.66. The molecule has 1 N–H and O–H groups in total. The lowest BCUT2D eigenvalue weighted by Gasteiger charge is -2.60. The topological polar surface area (TPSA) is 77.6 Å². The van der Waals surface area contributed by atoms with Crippen LogP contribution in [0.4, 0.5) is 5.82 Å². The number of anilines is 1. The fraction of sp³-hybridized carbons (Fsp3) is 0.478. The van der Waals surface area contributed by atoms with Gasteiger partial charge in [-0.3, -0.25) is 9.48 Å². The summed E-state index contributed by atoms with van der Waals surface area (Å²) in [6.07, 6.45) is 9.50. The standard InChI is InChI=1S/C23H23BrCl2N6O/c24-18-11-31(10-14-1-3-17(25)4-2-14)29-19(18)28-20(33)22-6-15-5-16(7-22)9-23(8-15,12-22)32-13-27-21(26)30-32/h1-4,11,13,15-16H,5-10,12H2,(H,28,29,33). The van der Waals surface area contributed by atoms with Gasteiger partial charge in [0.05, 0.1) is 22.0 Å². The average molecular weight is 550 g/mol. The van der Waals surface area contributed by atoms with Crippen molar-refractivity contribution in [3.05, 3.63) is 57.1 Å². The van der Waals surface area contributed by atoms with Crippen LogP contribution in [0.25, 0.3) is 0 Å². The van der Waals surface area contributed by atoms with E-state index in [0.717, 1.165) is 42.1 Å². The summed E-state index contributed by atoms with van der Waals surface area (Å²) in [5, 5.41) is 13.2. The second-order valence-corrected chi connectivity index (χ2v) is 11.7. The molecule has 172 valence electrons. The summed E-state index contributed by atoms with van der Waals surface area (Å²) in [6, 6.07) is 7.68. The second kappa shape index (κ2) is 7.82. The van der Waals surface area contributed by atoms with Crippen LogP contribution in [0.3, 0.4) is 0 Å². The molecule has 0 radical (unpaired) electrons. The molecule has 2 atom stereocenters. The maximum Gasteiger partial charge on any atom is 0.242 e. The van der Waals surface area contributed by atoms with Crippen LogP contribution in [0.2, 0.25) is 10.3 Å². The Balaban J connectivity index is 1.24. The molecule has 2 heterocycles. The number of rotatable bonds is 5. The van der Waals surface area contributed by atoms with Gasteiger partial charge < -0.3 is 5.32 Å². The third-order valence-corrected chi connectivity index (χ3v) is 8.67. The van der Waals surface area contributed by atoms with Crippen LogP contribution in [0.15, 0.2) is 41.3 Å². The molecule has 2 unspecified atom stereocenters. The van der Waals surface area contributed by atoms with E-state index in [-0.39, 0.29) is 16.7 Å². The molecule has 7 rings (SSSR count). The zero-order valence-corrected chi connectivity index (χ0v) is 20.9. The van der Waals surface area contributed by atoms with Gasteiger partial charge in [-0.2, -0.15) is 5.10 Å². The lowest BCUT2D eigenvalue weighted by Crippen LogP contribution is -2.60. The van der Waals surface area contributed by atoms with Crippen LogP contribution in [-0.2, 0) is 16.9 Å². The maximum absolute atomic E-state index is 13.7. The van der Waals surface area contributed by atoms with Gasteiger partial charge in [-0.15, -0.1) is 5.10 Å². The third kappa shape index (κ3) is 3.80. The molecular weight excluding hydrogens is 527 g/mol. The van der Waals surface area contributed by atoms with Crippen LogP contribution < -0.4 is 5.32 Å². The Kier molecular flexibility index (Phi) is 5.12. The van der Waals surface area contributed by atoms with Crippen molar-refractivity contribution in [2.45, 2.75) is 50.6 Å². The Bertz CT molecular complexity index is 1210. The van der Waals surface area contributed by atoms with E-state index in [1.165, 1.54) is 6.42 Å². The second-order valence-electron chi connectivity index (χ2n) is 10.0. The molecule has 10 heteroatoms. The van der Waals surface area contributed by atoms with Crippen LogP contribution >= 0.6 is 39.1 Å². The highest BCUT2D eigenvalue weighted by molar-refractivity contribution is 9.10. The van der Waals surface area contributed by atoms with Gasteiger partial charge in [-0.05, 0) is 95.6 Å². The molecule has 2 aromatic heterocycles. The molecule has 4 aliphatic carbocycles. The van der Waals surface area contributed by atoms with Crippen molar-refractivity contribution in [3.8, 4) is 0 Å². The Morgan fingerprint density at radius 1 is 1.12 bits per heavy atom. The number of nitrogens with zero attached hydrogens (tertiary/aromatic N) is 5. The Labute approximate surface area is 210 Å². The molecule has 1 amide bonds. The SMILES string of the molecule is O=C(Nc1nn(Cc2ccc(Cl)cc2)cc1Br)C12CC3CC(C1)CC(n1cnc(Cl)n1)(C3)C2. The summed E-state index contributed by atoms with van der Waals surface area (Å²) in [7, 11) is 0. The predicted molar refractivity (Wildman–Crippen MR) is 129 cm³/mol. The van der Waals surface area contributed by atoms with Gasteiger partial charge >= 0.3 is 0 Å². The van der Waals surface area contributed by atoms with Crippen molar-refractivity contribution < 1.29 is 4.79 Å². The number of amides is 1. The highest BCUT2D eigenvalue weighted by Gasteiger charge is 2.61. The molecule has 4 bridgehead atoms. The van der Waals surface area contributed by atoms with E-state index in [4.69, 9.17) is 23.2 Å². The number of carbonyl (C=O) groups excluding carboxylic acids is 1. The van der Waals surface area contributed by atoms with Crippen LogP contribution in [-0.4, -0.2) is 30.5 Å². The highest BCUT2D eigenvalue weighted by Crippen LogP contribution is 2.64. The molecule has 4 saturated carbocycles. The van der Waals surface area contributed by atoms with Gasteiger partial charge in [0.1, 0.15) is 6.33 Å². The average Bonchev–Trinajstić information content (AvgIpc) is 3.35. The molecule has 4 aliphatic rings. The smallest absolute Gasteiger partial charge is 0.242 e.